The zero-order valence-electron chi connectivity index (χ0n) is 20.0. The second kappa shape index (κ2) is 10.2. The summed E-state index contributed by atoms with van der Waals surface area (Å²) in [6.45, 7) is 0. The zero-order chi connectivity index (χ0) is 24.0. The highest BCUT2D eigenvalue weighted by Gasteiger charge is 2.12. The number of nitrogens with zero attached hydrogens (tertiary/aromatic N) is 2. The molecule has 0 amide bonds. The van der Waals surface area contributed by atoms with Crippen LogP contribution in [0.15, 0.2) is 133 Å². The van der Waals surface area contributed by atoms with Crippen LogP contribution in [0.25, 0.3) is 11.1 Å². The summed E-state index contributed by atoms with van der Waals surface area (Å²) in [6.07, 6.45) is 0. The molecular formula is C32H28N2O. The Morgan fingerprint density at radius 2 is 0.800 bits per heavy atom. The number of rotatable bonds is 7. The van der Waals surface area contributed by atoms with Crippen LogP contribution >= 0.6 is 0 Å². The van der Waals surface area contributed by atoms with E-state index >= 15 is 0 Å². The second-order valence-corrected chi connectivity index (χ2v) is 8.36. The normalized spacial score (nSPS) is 10.6. The van der Waals surface area contributed by atoms with Crippen LogP contribution in [0.4, 0.5) is 28.4 Å². The Balaban J connectivity index is 1.39. The highest BCUT2D eigenvalue weighted by Crippen LogP contribution is 2.35. The van der Waals surface area contributed by atoms with Crippen LogP contribution in [0.1, 0.15) is 0 Å². The minimum atomic E-state index is 0.860. The molecule has 5 aromatic rings. The zero-order valence-corrected chi connectivity index (χ0v) is 20.0. The molecule has 0 saturated carbocycles. The molecule has 0 heterocycles. The average Bonchev–Trinajstić information content (AvgIpc) is 2.94. The van der Waals surface area contributed by atoms with E-state index in [0.29, 0.717) is 0 Å². The van der Waals surface area contributed by atoms with Gasteiger partial charge in [-0.25, -0.2) is 0 Å². The topological polar surface area (TPSA) is 15.7 Å². The highest BCUT2D eigenvalue weighted by atomic mass is 16.5. The van der Waals surface area contributed by atoms with Gasteiger partial charge in [0.15, 0.2) is 0 Å². The molecule has 35 heavy (non-hydrogen) atoms. The van der Waals surface area contributed by atoms with E-state index in [-0.39, 0.29) is 0 Å². The fourth-order valence-electron chi connectivity index (χ4n) is 4.24. The number of hydrogen-bond donors (Lipinski definition) is 0. The van der Waals surface area contributed by atoms with Crippen molar-refractivity contribution in [3.8, 4) is 16.9 Å². The number of benzene rings is 5. The molecule has 0 atom stereocenters. The van der Waals surface area contributed by atoms with Crippen molar-refractivity contribution in [1.82, 2.24) is 0 Å². The minimum absolute atomic E-state index is 0.860. The van der Waals surface area contributed by atoms with E-state index in [1.54, 1.807) is 7.11 Å². The third-order valence-electron chi connectivity index (χ3n) is 6.20. The van der Waals surface area contributed by atoms with E-state index in [1.807, 2.05) is 24.3 Å². The lowest BCUT2D eigenvalue weighted by Crippen LogP contribution is -2.09. The van der Waals surface area contributed by atoms with Gasteiger partial charge in [-0.1, -0.05) is 60.7 Å². The van der Waals surface area contributed by atoms with Crippen LogP contribution in [0, 0.1) is 0 Å². The van der Waals surface area contributed by atoms with Gasteiger partial charge in [-0.05, 0) is 83.9 Å². The van der Waals surface area contributed by atoms with Crippen molar-refractivity contribution in [2.75, 3.05) is 24.0 Å². The Labute approximate surface area is 207 Å². The van der Waals surface area contributed by atoms with E-state index in [9.17, 15) is 0 Å². The van der Waals surface area contributed by atoms with Crippen LogP contribution in [-0.2, 0) is 0 Å². The SMILES string of the molecule is COc1ccc(N(C)c2ccc(-c3ccc(N(c4ccccc4)c4ccccc4)cc3)cc2)cc1. The smallest absolute Gasteiger partial charge is 0.119 e. The molecule has 0 unspecified atom stereocenters. The Kier molecular flexibility index (Phi) is 6.49. The fraction of sp³-hybridized carbons (Fsp3) is 0.0625. The van der Waals surface area contributed by atoms with Gasteiger partial charge in [0.05, 0.1) is 7.11 Å². The van der Waals surface area contributed by atoms with Gasteiger partial charge in [0.1, 0.15) is 5.75 Å². The van der Waals surface area contributed by atoms with E-state index in [2.05, 4.69) is 126 Å². The van der Waals surface area contributed by atoms with Crippen LogP contribution in [-0.4, -0.2) is 14.2 Å². The quantitative estimate of drug-likeness (QED) is 0.244. The maximum Gasteiger partial charge on any atom is 0.119 e. The lowest BCUT2D eigenvalue weighted by atomic mass is 10.0. The summed E-state index contributed by atoms with van der Waals surface area (Å²) >= 11 is 0. The maximum absolute atomic E-state index is 5.27. The first kappa shape index (κ1) is 22.3. The summed E-state index contributed by atoms with van der Waals surface area (Å²) in [5.41, 5.74) is 8.03. The lowest BCUT2D eigenvalue weighted by molar-refractivity contribution is 0.415. The molecule has 0 aromatic heterocycles. The van der Waals surface area contributed by atoms with Gasteiger partial charge in [0.25, 0.3) is 0 Å². The Hall–Kier alpha value is -4.50. The van der Waals surface area contributed by atoms with Gasteiger partial charge < -0.3 is 14.5 Å². The second-order valence-electron chi connectivity index (χ2n) is 8.36. The summed E-state index contributed by atoms with van der Waals surface area (Å²) in [5, 5.41) is 0. The molecule has 0 aliphatic heterocycles. The van der Waals surface area contributed by atoms with Crippen molar-refractivity contribution < 1.29 is 4.74 Å². The lowest BCUT2D eigenvalue weighted by Gasteiger charge is -2.25. The molecule has 0 fully saturated rings. The van der Waals surface area contributed by atoms with Crippen LogP contribution in [0.2, 0.25) is 0 Å². The molecule has 0 aliphatic carbocycles. The minimum Gasteiger partial charge on any atom is -0.497 e. The molecule has 0 spiro atoms. The number of ether oxygens (including phenoxy) is 1. The van der Waals surface area contributed by atoms with Crippen LogP contribution < -0.4 is 14.5 Å². The predicted octanol–water partition coefficient (Wildman–Crippen LogP) is 8.60. The summed E-state index contributed by atoms with van der Waals surface area (Å²) in [6, 6.07) is 46.5. The standard InChI is InChI=1S/C32H28N2O/c1-33(28-21-23-32(35-2)24-22-28)27-17-13-25(14-18-27)26-15-19-31(20-16-26)34(29-9-5-3-6-10-29)30-11-7-4-8-12-30/h3-24H,1-2H3. The van der Waals surface area contributed by atoms with Gasteiger partial charge in [0.2, 0.25) is 0 Å². The molecule has 172 valence electrons. The Morgan fingerprint density at radius 3 is 1.23 bits per heavy atom. The number of hydrogen-bond acceptors (Lipinski definition) is 3. The van der Waals surface area contributed by atoms with Crippen molar-refractivity contribution in [2.45, 2.75) is 0 Å². The Morgan fingerprint density at radius 1 is 0.429 bits per heavy atom. The van der Waals surface area contributed by atoms with Crippen molar-refractivity contribution in [3.05, 3.63) is 133 Å². The van der Waals surface area contributed by atoms with Crippen LogP contribution in [0.3, 0.4) is 0 Å². The van der Waals surface area contributed by atoms with Crippen LogP contribution in [0.5, 0.6) is 5.75 Å². The van der Waals surface area contributed by atoms with Crippen molar-refractivity contribution in [2.24, 2.45) is 0 Å². The van der Waals surface area contributed by atoms with E-state index in [1.165, 1.54) is 11.1 Å². The van der Waals surface area contributed by atoms with Gasteiger partial charge in [-0.15, -0.1) is 0 Å². The molecular weight excluding hydrogens is 428 g/mol. The largest absolute Gasteiger partial charge is 0.497 e. The van der Waals surface area contributed by atoms with Gasteiger partial charge in [-0.3, -0.25) is 0 Å². The summed E-state index contributed by atoms with van der Waals surface area (Å²) < 4.78 is 5.27. The predicted molar refractivity (Wildman–Crippen MR) is 148 cm³/mol. The average molecular weight is 457 g/mol. The molecule has 5 aromatic carbocycles. The number of para-hydroxylation sites is 2. The fourth-order valence-corrected chi connectivity index (χ4v) is 4.24. The van der Waals surface area contributed by atoms with E-state index in [4.69, 9.17) is 4.74 Å². The van der Waals surface area contributed by atoms with Gasteiger partial charge >= 0.3 is 0 Å². The number of anilines is 5. The molecule has 0 aliphatic rings. The summed E-state index contributed by atoms with van der Waals surface area (Å²) in [7, 11) is 3.76. The molecule has 3 nitrogen and oxygen atoms in total. The van der Waals surface area contributed by atoms with Gasteiger partial charge in [-0.2, -0.15) is 0 Å². The van der Waals surface area contributed by atoms with Crippen molar-refractivity contribution in [3.63, 3.8) is 0 Å². The highest BCUT2D eigenvalue weighted by molar-refractivity contribution is 5.78. The first-order chi connectivity index (χ1) is 17.2. The molecule has 3 heteroatoms. The third-order valence-corrected chi connectivity index (χ3v) is 6.20. The molecule has 0 saturated heterocycles. The number of methoxy groups -OCH3 is 1. The first-order valence-electron chi connectivity index (χ1n) is 11.7. The molecule has 0 bridgehead atoms. The maximum atomic E-state index is 5.27. The molecule has 5 rings (SSSR count). The summed E-state index contributed by atoms with van der Waals surface area (Å²) in [5.74, 6) is 0.860. The summed E-state index contributed by atoms with van der Waals surface area (Å²) in [4.78, 5) is 4.45. The van der Waals surface area contributed by atoms with E-state index in [0.717, 1.165) is 34.2 Å². The Bertz CT molecular complexity index is 1310. The molecule has 0 radical (unpaired) electrons. The third kappa shape index (κ3) is 4.90. The van der Waals surface area contributed by atoms with Gasteiger partial charge in [0, 0.05) is 35.5 Å². The van der Waals surface area contributed by atoms with Crippen molar-refractivity contribution >= 4 is 28.4 Å². The monoisotopic (exact) mass is 456 g/mol. The first-order valence-corrected chi connectivity index (χ1v) is 11.7. The van der Waals surface area contributed by atoms with Crippen molar-refractivity contribution in [1.29, 1.82) is 0 Å². The van der Waals surface area contributed by atoms with E-state index < -0.39 is 0 Å². The molecule has 0 N–H and O–H groups in total.